The molecule has 3 nitrogen and oxygen atoms in total. The maximum Gasteiger partial charge on any atom is 0.0120 e. The second-order valence-corrected chi connectivity index (χ2v) is 9.27. The molecule has 23 heavy (non-hydrogen) atoms. The van der Waals surface area contributed by atoms with Crippen molar-refractivity contribution >= 4 is 0 Å². The summed E-state index contributed by atoms with van der Waals surface area (Å²) < 4.78 is 0. The Labute approximate surface area is 143 Å². The Balaban J connectivity index is 1.18. The van der Waals surface area contributed by atoms with Crippen LogP contribution in [0, 0.1) is 17.3 Å². The molecule has 3 aliphatic heterocycles. The van der Waals surface area contributed by atoms with Crippen molar-refractivity contribution in [1.29, 1.82) is 0 Å². The normalized spacial score (nSPS) is 32.2. The molecule has 1 N–H and O–H groups in total. The lowest BCUT2D eigenvalue weighted by Crippen LogP contribution is -2.52. The number of rotatable bonds is 3. The van der Waals surface area contributed by atoms with E-state index in [1.807, 2.05) is 0 Å². The molecule has 1 spiro atoms. The van der Waals surface area contributed by atoms with Crippen molar-refractivity contribution in [2.75, 3.05) is 45.8 Å². The van der Waals surface area contributed by atoms with Crippen molar-refractivity contribution in [3.63, 3.8) is 0 Å². The summed E-state index contributed by atoms with van der Waals surface area (Å²) in [5.41, 5.74) is 0.783. The maximum absolute atomic E-state index is 3.50. The van der Waals surface area contributed by atoms with Gasteiger partial charge in [-0.1, -0.05) is 6.92 Å². The third kappa shape index (κ3) is 3.77. The van der Waals surface area contributed by atoms with Crippen LogP contribution >= 0.6 is 0 Å². The lowest BCUT2D eigenvalue weighted by molar-refractivity contribution is -0.0268. The van der Waals surface area contributed by atoms with E-state index in [0.717, 1.165) is 23.3 Å². The molecule has 0 bridgehead atoms. The summed E-state index contributed by atoms with van der Waals surface area (Å²) in [6.45, 7) is 11.8. The summed E-state index contributed by atoms with van der Waals surface area (Å²) in [5, 5.41) is 3.50. The molecular formula is C20H37N3. The third-order valence-corrected chi connectivity index (χ3v) is 7.47. The Morgan fingerprint density at radius 2 is 1.57 bits per heavy atom. The van der Waals surface area contributed by atoms with Gasteiger partial charge in [0.1, 0.15) is 0 Å². The van der Waals surface area contributed by atoms with Crippen molar-refractivity contribution in [3.8, 4) is 0 Å². The minimum absolute atomic E-state index is 0.783. The zero-order valence-electron chi connectivity index (χ0n) is 15.2. The maximum atomic E-state index is 3.50. The van der Waals surface area contributed by atoms with Crippen LogP contribution < -0.4 is 5.32 Å². The number of piperidine rings is 3. The van der Waals surface area contributed by atoms with Crippen LogP contribution in [0.4, 0.5) is 0 Å². The van der Waals surface area contributed by atoms with Crippen LogP contribution in [0.25, 0.3) is 0 Å². The molecule has 3 heterocycles. The number of nitrogens with zero attached hydrogens (tertiary/aromatic N) is 2. The molecular weight excluding hydrogens is 282 g/mol. The fourth-order valence-electron chi connectivity index (χ4n) is 6.09. The molecule has 0 unspecified atom stereocenters. The van der Waals surface area contributed by atoms with E-state index in [1.54, 1.807) is 0 Å². The molecule has 0 aromatic rings. The van der Waals surface area contributed by atoms with Crippen molar-refractivity contribution in [3.05, 3.63) is 0 Å². The number of hydrogen-bond acceptors (Lipinski definition) is 3. The average molecular weight is 320 g/mol. The highest BCUT2D eigenvalue weighted by Crippen LogP contribution is 2.52. The van der Waals surface area contributed by atoms with Crippen LogP contribution in [-0.2, 0) is 0 Å². The number of hydrogen-bond donors (Lipinski definition) is 1. The van der Waals surface area contributed by atoms with E-state index in [-0.39, 0.29) is 0 Å². The van der Waals surface area contributed by atoms with Gasteiger partial charge in [-0.3, -0.25) is 0 Å². The molecule has 4 fully saturated rings. The highest BCUT2D eigenvalue weighted by molar-refractivity contribution is 4.97. The van der Waals surface area contributed by atoms with Crippen molar-refractivity contribution in [2.24, 2.45) is 17.3 Å². The summed E-state index contributed by atoms with van der Waals surface area (Å²) in [4.78, 5) is 5.63. The zero-order chi connectivity index (χ0) is 15.7. The van der Waals surface area contributed by atoms with Gasteiger partial charge >= 0.3 is 0 Å². The summed E-state index contributed by atoms with van der Waals surface area (Å²) in [7, 11) is 0. The summed E-state index contributed by atoms with van der Waals surface area (Å²) in [5.74, 6) is 1.98. The lowest BCUT2D eigenvalue weighted by atomic mass is 9.58. The van der Waals surface area contributed by atoms with Gasteiger partial charge in [0.15, 0.2) is 0 Å². The quantitative estimate of drug-likeness (QED) is 0.863. The van der Waals surface area contributed by atoms with E-state index in [9.17, 15) is 0 Å². The number of likely N-dealkylation sites (tertiary alicyclic amines) is 2. The van der Waals surface area contributed by atoms with Gasteiger partial charge in [-0.05, 0) is 108 Å². The van der Waals surface area contributed by atoms with Gasteiger partial charge in [0.05, 0.1) is 0 Å². The predicted molar refractivity (Wildman–Crippen MR) is 96.7 cm³/mol. The van der Waals surface area contributed by atoms with Crippen LogP contribution in [0.5, 0.6) is 0 Å². The van der Waals surface area contributed by atoms with E-state index >= 15 is 0 Å². The molecule has 0 radical (unpaired) electrons. The summed E-state index contributed by atoms with van der Waals surface area (Å²) >= 11 is 0. The highest BCUT2D eigenvalue weighted by Gasteiger charge is 2.44. The van der Waals surface area contributed by atoms with Crippen LogP contribution in [0.15, 0.2) is 0 Å². The minimum atomic E-state index is 0.783. The Kier molecular flexibility index (Phi) is 4.99. The van der Waals surface area contributed by atoms with Crippen LogP contribution in [0.1, 0.15) is 58.3 Å². The Bertz CT molecular complexity index is 366. The SMILES string of the molecule is CC1CC2(CCN(C3CCN(CC4CCNCC4)CC3)CC2)C1. The highest BCUT2D eigenvalue weighted by atomic mass is 15.2. The van der Waals surface area contributed by atoms with Crippen LogP contribution in [0.3, 0.4) is 0 Å². The number of nitrogens with one attached hydrogen (secondary N) is 1. The molecule has 0 aromatic carbocycles. The monoisotopic (exact) mass is 319 g/mol. The van der Waals surface area contributed by atoms with Gasteiger partial charge in [0.25, 0.3) is 0 Å². The second-order valence-electron chi connectivity index (χ2n) is 9.27. The van der Waals surface area contributed by atoms with Gasteiger partial charge in [-0.2, -0.15) is 0 Å². The molecule has 4 aliphatic rings. The Morgan fingerprint density at radius 1 is 0.913 bits per heavy atom. The summed E-state index contributed by atoms with van der Waals surface area (Å²) in [6.07, 6.45) is 11.7. The third-order valence-electron chi connectivity index (χ3n) is 7.47. The molecule has 132 valence electrons. The Morgan fingerprint density at radius 3 is 2.17 bits per heavy atom. The Hall–Kier alpha value is -0.120. The van der Waals surface area contributed by atoms with Crippen molar-refractivity contribution in [1.82, 2.24) is 15.1 Å². The topological polar surface area (TPSA) is 18.5 Å². The molecule has 0 atom stereocenters. The lowest BCUT2D eigenvalue weighted by Gasteiger charge is -2.53. The second kappa shape index (κ2) is 7.01. The largest absolute Gasteiger partial charge is 0.317 e. The first-order valence-corrected chi connectivity index (χ1v) is 10.4. The fourth-order valence-corrected chi connectivity index (χ4v) is 6.09. The smallest absolute Gasteiger partial charge is 0.0120 e. The molecule has 3 saturated heterocycles. The van der Waals surface area contributed by atoms with E-state index in [0.29, 0.717) is 0 Å². The van der Waals surface area contributed by atoms with E-state index < -0.39 is 0 Å². The van der Waals surface area contributed by atoms with Gasteiger partial charge in [-0.15, -0.1) is 0 Å². The van der Waals surface area contributed by atoms with E-state index in [1.165, 1.54) is 97.2 Å². The van der Waals surface area contributed by atoms with E-state index in [2.05, 4.69) is 22.0 Å². The van der Waals surface area contributed by atoms with Crippen molar-refractivity contribution in [2.45, 2.75) is 64.3 Å². The molecule has 0 amide bonds. The molecule has 4 rings (SSSR count). The van der Waals surface area contributed by atoms with E-state index in [4.69, 9.17) is 0 Å². The molecule has 0 aromatic heterocycles. The van der Waals surface area contributed by atoms with Crippen molar-refractivity contribution < 1.29 is 0 Å². The van der Waals surface area contributed by atoms with Gasteiger partial charge in [-0.25, -0.2) is 0 Å². The standard InChI is InChI=1S/C20H37N3/c1-17-14-20(15-17)6-12-23(13-7-20)19-4-10-22(11-5-19)16-18-2-8-21-9-3-18/h17-19,21H,2-16H2,1H3. The van der Waals surface area contributed by atoms with Gasteiger partial charge in [0.2, 0.25) is 0 Å². The minimum Gasteiger partial charge on any atom is -0.317 e. The summed E-state index contributed by atoms with van der Waals surface area (Å²) in [6, 6.07) is 0.897. The molecule has 1 saturated carbocycles. The van der Waals surface area contributed by atoms with Gasteiger partial charge in [0, 0.05) is 12.6 Å². The average Bonchev–Trinajstić information content (AvgIpc) is 2.56. The molecule has 3 heteroatoms. The fraction of sp³-hybridized carbons (Fsp3) is 1.00. The van der Waals surface area contributed by atoms with Crippen LogP contribution in [0.2, 0.25) is 0 Å². The zero-order valence-corrected chi connectivity index (χ0v) is 15.2. The first-order valence-electron chi connectivity index (χ1n) is 10.4. The van der Waals surface area contributed by atoms with Crippen LogP contribution in [-0.4, -0.2) is 61.7 Å². The first-order chi connectivity index (χ1) is 11.2. The predicted octanol–water partition coefficient (Wildman–Crippen LogP) is 2.96. The van der Waals surface area contributed by atoms with Gasteiger partial charge < -0.3 is 15.1 Å². The molecule has 1 aliphatic carbocycles. The first kappa shape index (κ1) is 16.4.